The number of imidazole rings is 1. The third kappa shape index (κ3) is 4.90. The maximum absolute atomic E-state index is 12.9. The van der Waals surface area contributed by atoms with Crippen LogP contribution in [0, 0.1) is 5.21 Å². The van der Waals surface area contributed by atoms with Gasteiger partial charge in [0.25, 0.3) is 0 Å². The van der Waals surface area contributed by atoms with Gasteiger partial charge in [0.1, 0.15) is 5.65 Å². The van der Waals surface area contributed by atoms with E-state index in [9.17, 15) is 23.2 Å². The van der Waals surface area contributed by atoms with E-state index in [1.807, 2.05) is 34.9 Å². The van der Waals surface area contributed by atoms with Crippen molar-refractivity contribution in [1.82, 2.24) is 9.38 Å². The van der Waals surface area contributed by atoms with Crippen LogP contribution >= 0.6 is 0 Å². The number of alkyl halides is 3. The predicted molar refractivity (Wildman–Crippen MR) is 129 cm³/mol. The molecule has 0 atom stereocenters. The fraction of sp³-hybridized carbons (Fsp3) is 0.0741. The van der Waals surface area contributed by atoms with Gasteiger partial charge in [-0.15, -0.1) is 0 Å². The molecule has 6 nitrogen and oxygen atoms in total. The molecular formula is C27H19F3N4O2. The summed E-state index contributed by atoms with van der Waals surface area (Å²) in [6.07, 6.45) is 2.09. The van der Waals surface area contributed by atoms with Crippen LogP contribution in [-0.4, -0.2) is 15.3 Å². The Morgan fingerprint density at radius 2 is 1.69 bits per heavy atom. The number of amides is 1. The number of benzene rings is 2. The van der Waals surface area contributed by atoms with Crippen LogP contribution in [0.25, 0.3) is 28.0 Å². The minimum absolute atomic E-state index is 0.0213. The fourth-order valence-electron chi connectivity index (χ4n) is 3.94. The lowest BCUT2D eigenvalue weighted by molar-refractivity contribution is -0.605. The smallest absolute Gasteiger partial charge is 0.416 e. The molecule has 0 bridgehead atoms. The number of anilines is 1. The van der Waals surface area contributed by atoms with Crippen LogP contribution in [-0.2, 0) is 17.4 Å². The number of nitrogens with zero attached hydrogens (tertiary/aromatic N) is 3. The number of halogens is 3. The van der Waals surface area contributed by atoms with Gasteiger partial charge in [0.2, 0.25) is 5.91 Å². The summed E-state index contributed by atoms with van der Waals surface area (Å²) in [6, 6.07) is 19.2. The molecule has 36 heavy (non-hydrogen) atoms. The molecule has 3 heterocycles. The third-order valence-corrected chi connectivity index (χ3v) is 5.74. The summed E-state index contributed by atoms with van der Waals surface area (Å²) < 4.78 is 41.3. The summed E-state index contributed by atoms with van der Waals surface area (Å²) in [5.41, 5.74) is 4.34. The Kier molecular flexibility index (Phi) is 5.89. The molecule has 2 aromatic carbocycles. The molecule has 0 saturated carbocycles. The Labute approximate surface area is 203 Å². The van der Waals surface area contributed by atoms with Crippen LogP contribution in [0.5, 0.6) is 0 Å². The van der Waals surface area contributed by atoms with Crippen molar-refractivity contribution in [2.24, 2.45) is 0 Å². The average Bonchev–Trinajstić information content (AvgIpc) is 3.28. The van der Waals surface area contributed by atoms with E-state index in [1.165, 1.54) is 24.5 Å². The lowest BCUT2D eigenvalue weighted by Gasteiger charge is -2.10. The van der Waals surface area contributed by atoms with Crippen molar-refractivity contribution in [2.45, 2.75) is 12.6 Å². The first-order chi connectivity index (χ1) is 17.3. The van der Waals surface area contributed by atoms with Gasteiger partial charge in [0.15, 0.2) is 12.4 Å². The zero-order valence-electron chi connectivity index (χ0n) is 18.7. The Morgan fingerprint density at radius 3 is 2.42 bits per heavy atom. The number of pyridine rings is 2. The van der Waals surface area contributed by atoms with Crippen molar-refractivity contribution < 1.29 is 22.7 Å². The third-order valence-electron chi connectivity index (χ3n) is 5.74. The van der Waals surface area contributed by atoms with E-state index in [1.54, 1.807) is 30.5 Å². The van der Waals surface area contributed by atoms with Gasteiger partial charge in [0.05, 0.1) is 23.9 Å². The van der Waals surface area contributed by atoms with E-state index in [0.717, 1.165) is 50.5 Å². The topological polar surface area (TPSA) is 73.3 Å². The zero-order valence-corrected chi connectivity index (χ0v) is 18.7. The Bertz CT molecular complexity index is 1540. The van der Waals surface area contributed by atoms with Gasteiger partial charge in [-0.2, -0.15) is 17.9 Å². The van der Waals surface area contributed by atoms with Crippen molar-refractivity contribution >= 4 is 17.2 Å². The molecule has 1 amide bonds. The first-order valence-electron chi connectivity index (χ1n) is 11.0. The molecule has 9 heteroatoms. The van der Waals surface area contributed by atoms with Crippen molar-refractivity contribution in [3.8, 4) is 22.4 Å². The summed E-state index contributed by atoms with van der Waals surface area (Å²) >= 11 is 0. The fourth-order valence-corrected chi connectivity index (χ4v) is 3.94. The number of nitrogens with one attached hydrogen (secondary N) is 1. The molecule has 0 aliphatic heterocycles. The predicted octanol–water partition coefficient (Wildman–Crippen LogP) is 5.50. The molecule has 3 aromatic heterocycles. The monoisotopic (exact) mass is 488 g/mol. The number of rotatable bonds is 5. The van der Waals surface area contributed by atoms with Gasteiger partial charge in [-0.1, -0.05) is 30.3 Å². The van der Waals surface area contributed by atoms with E-state index in [0.29, 0.717) is 0 Å². The summed E-state index contributed by atoms with van der Waals surface area (Å²) in [5.74, 6) is -0.409. The molecule has 1 N–H and O–H groups in total. The molecule has 0 unspecified atom stereocenters. The second-order valence-corrected chi connectivity index (χ2v) is 8.23. The first kappa shape index (κ1) is 23.1. The van der Waals surface area contributed by atoms with Gasteiger partial charge in [-0.05, 0) is 47.0 Å². The van der Waals surface area contributed by atoms with Crippen molar-refractivity contribution in [2.75, 3.05) is 5.32 Å². The molecule has 180 valence electrons. The van der Waals surface area contributed by atoms with E-state index in [4.69, 9.17) is 0 Å². The number of hydrogen-bond donors (Lipinski definition) is 1. The second-order valence-electron chi connectivity index (χ2n) is 8.23. The highest BCUT2D eigenvalue weighted by Crippen LogP contribution is 2.31. The summed E-state index contributed by atoms with van der Waals surface area (Å²) in [7, 11) is 0. The van der Waals surface area contributed by atoms with E-state index < -0.39 is 17.6 Å². The Hall–Kier alpha value is -4.66. The van der Waals surface area contributed by atoms with E-state index in [2.05, 4.69) is 10.3 Å². The molecule has 0 radical (unpaired) electrons. The maximum atomic E-state index is 12.9. The lowest BCUT2D eigenvalue weighted by atomic mass is 10.1. The van der Waals surface area contributed by atoms with E-state index in [-0.39, 0.29) is 12.1 Å². The maximum Gasteiger partial charge on any atom is 0.416 e. The molecule has 0 aliphatic carbocycles. The van der Waals surface area contributed by atoms with E-state index >= 15 is 0 Å². The van der Waals surface area contributed by atoms with Crippen LogP contribution in [0.2, 0.25) is 0 Å². The van der Waals surface area contributed by atoms with Crippen molar-refractivity contribution in [1.29, 1.82) is 0 Å². The average molecular weight is 488 g/mol. The SMILES string of the molecule is O=C(Cc1ccc(-c2cnc3cc(-c4cc[n+]([O-])cc4)ccn23)cc1)Nc1cccc(C(F)(F)F)c1. The number of carbonyl (C=O) groups excluding carboxylic acids is 1. The highest BCUT2D eigenvalue weighted by Gasteiger charge is 2.30. The van der Waals surface area contributed by atoms with Crippen LogP contribution in [0.3, 0.4) is 0 Å². The molecule has 0 spiro atoms. The van der Waals surface area contributed by atoms with Crippen LogP contribution in [0.1, 0.15) is 11.1 Å². The van der Waals surface area contributed by atoms with Crippen LogP contribution < -0.4 is 10.0 Å². The highest BCUT2D eigenvalue weighted by atomic mass is 19.4. The first-order valence-corrected chi connectivity index (χ1v) is 11.0. The van der Waals surface area contributed by atoms with Gasteiger partial charge in [-0.3, -0.25) is 9.20 Å². The van der Waals surface area contributed by atoms with Crippen molar-refractivity contribution in [3.05, 3.63) is 114 Å². The van der Waals surface area contributed by atoms with Crippen LogP contribution in [0.4, 0.5) is 18.9 Å². The van der Waals surface area contributed by atoms with Gasteiger partial charge in [0, 0.05) is 29.6 Å². The lowest BCUT2D eigenvalue weighted by Crippen LogP contribution is -2.23. The number of hydrogen-bond acceptors (Lipinski definition) is 3. The largest absolute Gasteiger partial charge is 0.619 e. The summed E-state index contributed by atoms with van der Waals surface area (Å²) in [6.45, 7) is 0. The highest BCUT2D eigenvalue weighted by molar-refractivity contribution is 5.92. The molecule has 0 fully saturated rings. The minimum Gasteiger partial charge on any atom is -0.619 e. The molecule has 0 saturated heterocycles. The van der Waals surface area contributed by atoms with Gasteiger partial charge >= 0.3 is 6.18 Å². The van der Waals surface area contributed by atoms with Gasteiger partial charge < -0.3 is 10.5 Å². The summed E-state index contributed by atoms with van der Waals surface area (Å²) in [5, 5.41) is 13.8. The van der Waals surface area contributed by atoms with Gasteiger partial charge in [-0.25, -0.2) is 4.98 Å². The zero-order chi connectivity index (χ0) is 25.3. The number of carbonyl (C=O) groups is 1. The minimum atomic E-state index is -4.47. The second kappa shape index (κ2) is 9.18. The van der Waals surface area contributed by atoms with Crippen molar-refractivity contribution in [3.63, 3.8) is 0 Å². The Morgan fingerprint density at radius 1 is 0.944 bits per heavy atom. The molecule has 0 aliphatic rings. The quantitative estimate of drug-likeness (QED) is 0.262. The molecule has 5 rings (SSSR count). The van der Waals surface area contributed by atoms with Crippen LogP contribution in [0.15, 0.2) is 97.6 Å². The Balaban J connectivity index is 1.29. The molecular weight excluding hydrogens is 469 g/mol. The summed E-state index contributed by atoms with van der Waals surface area (Å²) in [4.78, 5) is 16.9. The number of fused-ring (bicyclic) bond motifs is 1. The standard InChI is InChI=1S/C27H19F3N4O2/c28-27(29,30)22-2-1-3-23(16-22)32-26(35)14-18-4-6-20(7-5-18)24-17-31-25-15-21(10-13-34(24)25)19-8-11-33(36)12-9-19/h1-13,15-17H,14H2,(H,32,35). The number of aromatic nitrogens is 3. The molecule has 5 aromatic rings. The normalized spacial score (nSPS) is 11.5.